The Morgan fingerprint density at radius 2 is 0.848 bits per heavy atom. The van der Waals surface area contributed by atoms with Crippen LogP contribution in [0.3, 0.4) is 0 Å². The SMILES string of the molecule is Cc1cc(C)c(-c2ccc(-c3c4ccccc4c(-c4cccc(-c5ccnc(C)c5)c4)c4ccccc34)c3ccccc23)c(C)c1. The zero-order valence-corrected chi connectivity index (χ0v) is 26.7. The summed E-state index contributed by atoms with van der Waals surface area (Å²) in [6.07, 6.45) is 1.90. The number of aromatic nitrogens is 1. The number of benzene rings is 7. The van der Waals surface area contributed by atoms with Crippen LogP contribution in [0.15, 0.2) is 140 Å². The molecular formula is C45H35N. The van der Waals surface area contributed by atoms with Crippen molar-refractivity contribution in [1.29, 1.82) is 0 Å². The Bertz CT molecular complexity index is 2380. The molecule has 0 saturated heterocycles. The first-order valence-electron chi connectivity index (χ1n) is 16.0. The third-order valence-corrected chi connectivity index (χ3v) is 9.45. The van der Waals surface area contributed by atoms with E-state index in [0.29, 0.717) is 0 Å². The second-order valence-corrected chi connectivity index (χ2v) is 12.6. The summed E-state index contributed by atoms with van der Waals surface area (Å²) >= 11 is 0. The van der Waals surface area contributed by atoms with E-state index in [1.165, 1.54) is 93.5 Å². The quantitative estimate of drug-likeness (QED) is 0.186. The number of nitrogens with zero attached hydrogens (tertiary/aromatic N) is 1. The van der Waals surface area contributed by atoms with Crippen LogP contribution in [-0.2, 0) is 0 Å². The monoisotopic (exact) mass is 589 g/mol. The Hall–Kier alpha value is -5.53. The van der Waals surface area contributed by atoms with Gasteiger partial charge in [-0.1, -0.05) is 121 Å². The lowest BCUT2D eigenvalue weighted by atomic mass is 9.83. The van der Waals surface area contributed by atoms with Gasteiger partial charge in [-0.25, -0.2) is 0 Å². The molecule has 7 aromatic carbocycles. The maximum atomic E-state index is 4.42. The summed E-state index contributed by atoms with van der Waals surface area (Å²) < 4.78 is 0. The van der Waals surface area contributed by atoms with Crippen LogP contribution in [0.5, 0.6) is 0 Å². The molecule has 220 valence electrons. The number of rotatable bonds is 4. The average Bonchev–Trinajstić information content (AvgIpc) is 3.07. The minimum Gasteiger partial charge on any atom is -0.262 e. The number of hydrogen-bond donors (Lipinski definition) is 0. The van der Waals surface area contributed by atoms with E-state index in [4.69, 9.17) is 0 Å². The molecular weight excluding hydrogens is 555 g/mol. The average molecular weight is 590 g/mol. The van der Waals surface area contributed by atoms with Gasteiger partial charge in [0.2, 0.25) is 0 Å². The molecule has 8 rings (SSSR count). The van der Waals surface area contributed by atoms with Crippen molar-refractivity contribution in [3.63, 3.8) is 0 Å². The van der Waals surface area contributed by atoms with Crippen LogP contribution >= 0.6 is 0 Å². The molecule has 0 unspecified atom stereocenters. The van der Waals surface area contributed by atoms with Crippen molar-refractivity contribution in [2.45, 2.75) is 27.7 Å². The van der Waals surface area contributed by atoms with Gasteiger partial charge in [-0.2, -0.15) is 0 Å². The molecule has 0 aliphatic heterocycles. The van der Waals surface area contributed by atoms with E-state index in [9.17, 15) is 0 Å². The van der Waals surface area contributed by atoms with E-state index >= 15 is 0 Å². The third kappa shape index (κ3) is 4.59. The van der Waals surface area contributed by atoms with Crippen LogP contribution in [0.2, 0.25) is 0 Å². The van der Waals surface area contributed by atoms with Gasteiger partial charge in [0.25, 0.3) is 0 Å². The fourth-order valence-corrected chi connectivity index (χ4v) is 7.65. The fraction of sp³-hybridized carbons (Fsp3) is 0.0889. The Balaban J connectivity index is 1.42. The van der Waals surface area contributed by atoms with Crippen molar-refractivity contribution in [2.75, 3.05) is 0 Å². The smallest absolute Gasteiger partial charge is 0.0378 e. The van der Waals surface area contributed by atoms with Gasteiger partial charge in [0.15, 0.2) is 0 Å². The van der Waals surface area contributed by atoms with Gasteiger partial charge in [0.05, 0.1) is 0 Å². The molecule has 0 fully saturated rings. The van der Waals surface area contributed by atoms with E-state index in [1.807, 2.05) is 13.1 Å². The van der Waals surface area contributed by atoms with Crippen LogP contribution < -0.4 is 0 Å². The molecule has 0 aliphatic rings. The number of aryl methyl sites for hydroxylation is 4. The Morgan fingerprint density at radius 3 is 1.41 bits per heavy atom. The minimum absolute atomic E-state index is 1.02. The lowest BCUT2D eigenvalue weighted by Gasteiger charge is -2.20. The van der Waals surface area contributed by atoms with Crippen molar-refractivity contribution in [3.8, 4) is 44.5 Å². The Kier molecular flexibility index (Phi) is 6.76. The van der Waals surface area contributed by atoms with Gasteiger partial charge in [0, 0.05) is 11.9 Å². The van der Waals surface area contributed by atoms with Gasteiger partial charge >= 0.3 is 0 Å². The summed E-state index contributed by atoms with van der Waals surface area (Å²) in [6, 6.07) is 49.3. The van der Waals surface area contributed by atoms with E-state index in [2.05, 4.69) is 159 Å². The second-order valence-electron chi connectivity index (χ2n) is 12.6. The van der Waals surface area contributed by atoms with Crippen molar-refractivity contribution >= 4 is 32.3 Å². The highest BCUT2D eigenvalue weighted by molar-refractivity contribution is 6.24. The van der Waals surface area contributed by atoms with Crippen LogP contribution in [-0.4, -0.2) is 4.98 Å². The molecule has 0 saturated carbocycles. The van der Waals surface area contributed by atoms with Crippen molar-refractivity contribution in [3.05, 3.63) is 162 Å². The molecule has 46 heavy (non-hydrogen) atoms. The van der Waals surface area contributed by atoms with Gasteiger partial charge < -0.3 is 0 Å². The minimum atomic E-state index is 1.02. The third-order valence-electron chi connectivity index (χ3n) is 9.45. The first kappa shape index (κ1) is 28.0. The highest BCUT2D eigenvalue weighted by Crippen LogP contribution is 2.47. The first-order chi connectivity index (χ1) is 22.5. The molecule has 0 aliphatic carbocycles. The second kappa shape index (κ2) is 11.1. The standard InChI is InChI=1S/C45H35N/c1-28-24-29(2)43(30(3)25-28)41-20-21-42(36-15-6-5-14-35(36)41)45-39-18-9-7-16-37(39)44(38-17-8-10-19-40(38)45)34-13-11-12-32(27-34)33-22-23-46-31(4)26-33/h5-27H,1-4H3. The molecule has 8 aromatic rings. The largest absolute Gasteiger partial charge is 0.262 e. The molecule has 0 N–H and O–H groups in total. The molecule has 1 aromatic heterocycles. The highest BCUT2D eigenvalue weighted by Gasteiger charge is 2.20. The summed E-state index contributed by atoms with van der Waals surface area (Å²) in [5, 5.41) is 7.62. The van der Waals surface area contributed by atoms with Crippen LogP contribution in [0, 0.1) is 27.7 Å². The highest BCUT2D eigenvalue weighted by atomic mass is 14.6. The molecule has 1 heterocycles. The molecule has 0 bridgehead atoms. The summed E-state index contributed by atoms with van der Waals surface area (Å²) in [5.41, 5.74) is 15.0. The van der Waals surface area contributed by atoms with Gasteiger partial charge in [-0.15, -0.1) is 0 Å². The number of pyridine rings is 1. The lowest BCUT2D eigenvalue weighted by molar-refractivity contribution is 1.20. The van der Waals surface area contributed by atoms with E-state index < -0.39 is 0 Å². The van der Waals surface area contributed by atoms with Crippen molar-refractivity contribution in [2.24, 2.45) is 0 Å². The molecule has 1 heteroatoms. The zero-order chi connectivity index (χ0) is 31.4. The normalized spacial score (nSPS) is 11.5. The number of fused-ring (bicyclic) bond motifs is 3. The van der Waals surface area contributed by atoms with Crippen LogP contribution in [0.25, 0.3) is 76.8 Å². The fourth-order valence-electron chi connectivity index (χ4n) is 7.65. The summed E-state index contributed by atoms with van der Waals surface area (Å²) in [6.45, 7) is 8.71. The maximum absolute atomic E-state index is 4.42. The number of hydrogen-bond acceptors (Lipinski definition) is 1. The first-order valence-corrected chi connectivity index (χ1v) is 16.0. The molecule has 0 radical (unpaired) electrons. The zero-order valence-electron chi connectivity index (χ0n) is 26.7. The summed E-state index contributed by atoms with van der Waals surface area (Å²) in [7, 11) is 0. The van der Waals surface area contributed by atoms with E-state index in [-0.39, 0.29) is 0 Å². The maximum Gasteiger partial charge on any atom is 0.0378 e. The summed E-state index contributed by atoms with van der Waals surface area (Å²) in [4.78, 5) is 4.42. The van der Waals surface area contributed by atoms with E-state index in [0.717, 1.165) is 5.69 Å². The van der Waals surface area contributed by atoms with Crippen LogP contribution in [0.4, 0.5) is 0 Å². The van der Waals surface area contributed by atoms with Gasteiger partial charge in [-0.3, -0.25) is 4.98 Å². The Morgan fingerprint density at radius 1 is 0.370 bits per heavy atom. The lowest BCUT2D eigenvalue weighted by Crippen LogP contribution is -1.94. The van der Waals surface area contributed by atoms with Crippen LogP contribution in [0.1, 0.15) is 22.4 Å². The van der Waals surface area contributed by atoms with Gasteiger partial charge in [-0.05, 0) is 134 Å². The van der Waals surface area contributed by atoms with Crippen molar-refractivity contribution < 1.29 is 0 Å². The predicted molar refractivity (Wildman–Crippen MR) is 197 cm³/mol. The van der Waals surface area contributed by atoms with Gasteiger partial charge in [0.1, 0.15) is 0 Å². The summed E-state index contributed by atoms with van der Waals surface area (Å²) in [5.74, 6) is 0. The molecule has 0 atom stereocenters. The van der Waals surface area contributed by atoms with E-state index in [1.54, 1.807) is 0 Å². The molecule has 1 nitrogen and oxygen atoms in total. The topological polar surface area (TPSA) is 12.9 Å². The molecule has 0 spiro atoms. The Labute approximate surface area is 270 Å². The molecule has 0 amide bonds. The predicted octanol–water partition coefficient (Wildman–Crippen LogP) is 12.4. The van der Waals surface area contributed by atoms with Crippen molar-refractivity contribution in [1.82, 2.24) is 4.98 Å².